The number of nitrogens with two attached hydrogens (primary N) is 1. The van der Waals surface area contributed by atoms with E-state index in [1.54, 1.807) is 0 Å². The second-order valence-electron chi connectivity index (χ2n) is 5.27. The van der Waals surface area contributed by atoms with E-state index in [2.05, 4.69) is 47.1 Å². The molecule has 1 aliphatic heterocycles. The first kappa shape index (κ1) is 13.9. The lowest BCUT2D eigenvalue weighted by atomic mass is 10.1. The van der Waals surface area contributed by atoms with E-state index in [4.69, 9.17) is 5.73 Å². The lowest BCUT2D eigenvalue weighted by Gasteiger charge is -2.27. The van der Waals surface area contributed by atoms with Gasteiger partial charge in [-0.25, -0.2) is 0 Å². The number of hydrogen-bond acceptors (Lipinski definition) is 5. The second kappa shape index (κ2) is 5.61. The fourth-order valence-electron chi connectivity index (χ4n) is 2.48. The molecule has 106 valence electrons. The predicted molar refractivity (Wildman–Crippen MR) is 77.1 cm³/mol. The molecule has 0 fully saturated rings. The van der Waals surface area contributed by atoms with Gasteiger partial charge in [0.1, 0.15) is 0 Å². The minimum atomic E-state index is 0.239. The van der Waals surface area contributed by atoms with Gasteiger partial charge in [0.05, 0.1) is 18.3 Å². The molecule has 2 rings (SSSR count). The Hall–Kier alpha value is -1.56. The molecule has 0 bridgehead atoms. The Morgan fingerprint density at radius 2 is 2.21 bits per heavy atom. The lowest BCUT2D eigenvalue weighted by molar-refractivity contribution is 0.292. The quantitative estimate of drug-likeness (QED) is 0.826. The highest BCUT2D eigenvalue weighted by molar-refractivity contribution is 5.80. The largest absolute Gasteiger partial charge is 0.370 e. The number of likely N-dealkylation sites (N-methyl/N-ethyl adjacent to an activating group) is 1. The van der Waals surface area contributed by atoms with Gasteiger partial charge in [0.15, 0.2) is 5.96 Å². The van der Waals surface area contributed by atoms with Crippen molar-refractivity contribution >= 4 is 5.96 Å². The summed E-state index contributed by atoms with van der Waals surface area (Å²) in [4.78, 5) is 8.75. The maximum atomic E-state index is 6.02. The van der Waals surface area contributed by atoms with E-state index in [0.29, 0.717) is 5.96 Å². The average Bonchev–Trinajstić information content (AvgIpc) is 2.89. The number of aromatic nitrogens is 2. The maximum absolute atomic E-state index is 6.02. The molecule has 0 spiro atoms. The van der Waals surface area contributed by atoms with Gasteiger partial charge in [-0.05, 0) is 20.5 Å². The molecule has 1 aliphatic rings. The number of nitrogens with zero attached hydrogens (tertiary/aromatic N) is 5. The fraction of sp³-hybridized carbons (Fsp3) is 0.692. The predicted octanol–water partition coefficient (Wildman–Crippen LogP) is 0.216. The molecule has 1 aromatic rings. The van der Waals surface area contributed by atoms with Gasteiger partial charge in [-0.15, -0.1) is 0 Å². The summed E-state index contributed by atoms with van der Waals surface area (Å²) in [6.07, 6.45) is 3.04. The van der Waals surface area contributed by atoms with Gasteiger partial charge in [0.2, 0.25) is 0 Å². The molecule has 0 aliphatic carbocycles. The van der Waals surface area contributed by atoms with Gasteiger partial charge in [0, 0.05) is 31.9 Å². The fourth-order valence-corrected chi connectivity index (χ4v) is 2.48. The molecule has 1 aromatic heterocycles. The summed E-state index contributed by atoms with van der Waals surface area (Å²) < 4.78 is 1.88. The van der Waals surface area contributed by atoms with Crippen LogP contribution >= 0.6 is 0 Å². The SMILES string of the molecule is CCc1nn(C)cc1C1CN=C(N)N1CCN(C)C. The molecular weight excluding hydrogens is 240 g/mol. The van der Waals surface area contributed by atoms with Crippen LogP contribution in [-0.4, -0.2) is 59.3 Å². The van der Waals surface area contributed by atoms with Gasteiger partial charge in [0.25, 0.3) is 0 Å². The van der Waals surface area contributed by atoms with Crippen LogP contribution in [0.2, 0.25) is 0 Å². The van der Waals surface area contributed by atoms with Crippen LogP contribution in [0.15, 0.2) is 11.2 Å². The third-order valence-corrected chi connectivity index (χ3v) is 3.52. The normalized spacial score (nSPS) is 19.3. The Morgan fingerprint density at radius 1 is 1.47 bits per heavy atom. The van der Waals surface area contributed by atoms with Crippen molar-refractivity contribution in [3.8, 4) is 0 Å². The van der Waals surface area contributed by atoms with Crippen LogP contribution in [0.1, 0.15) is 24.2 Å². The van der Waals surface area contributed by atoms with Crippen molar-refractivity contribution in [1.29, 1.82) is 0 Å². The highest BCUT2D eigenvalue weighted by Crippen LogP contribution is 2.27. The molecule has 0 amide bonds. The van der Waals surface area contributed by atoms with Crippen molar-refractivity contribution in [1.82, 2.24) is 19.6 Å². The molecule has 2 heterocycles. The van der Waals surface area contributed by atoms with Crippen molar-refractivity contribution in [3.63, 3.8) is 0 Å². The Morgan fingerprint density at radius 3 is 2.84 bits per heavy atom. The van der Waals surface area contributed by atoms with Crippen molar-refractivity contribution in [3.05, 3.63) is 17.5 Å². The van der Waals surface area contributed by atoms with Gasteiger partial charge < -0.3 is 15.5 Å². The van der Waals surface area contributed by atoms with Gasteiger partial charge >= 0.3 is 0 Å². The molecule has 0 aromatic carbocycles. The van der Waals surface area contributed by atoms with Crippen LogP contribution < -0.4 is 5.73 Å². The van der Waals surface area contributed by atoms with Crippen LogP contribution in [0, 0.1) is 0 Å². The zero-order valence-corrected chi connectivity index (χ0v) is 12.3. The second-order valence-corrected chi connectivity index (χ2v) is 5.27. The minimum absolute atomic E-state index is 0.239. The average molecular weight is 264 g/mol. The van der Waals surface area contributed by atoms with Crippen LogP contribution in [0.25, 0.3) is 0 Å². The summed E-state index contributed by atoms with van der Waals surface area (Å²) in [6, 6.07) is 0.239. The van der Waals surface area contributed by atoms with Crippen LogP contribution in [0.4, 0.5) is 0 Å². The lowest BCUT2D eigenvalue weighted by Crippen LogP contribution is -2.40. The molecule has 19 heavy (non-hydrogen) atoms. The van der Waals surface area contributed by atoms with E-state index < -0.39 is 0 Å². The first-order valence-corrected chi connectivity index (χ1v) is 6.76. The Kier molecular flexibility index (Phi) is 4.09. The summed E-state index contributed by atoms with van der Waals surface area (Å²) in [5.41, 5.74) is 8.42. The molecule has 1 atom stereocenters. The highest BCUT2D eigenvalue weighted by atomic mass is 15.3. The molecule has 0 radical (unpaired) electrons. The summed E-state index contributed by atoms with van der Waals surface area (Å²) in [5.74, 6) is 0.651. The molecule has 0 saturated carbocycles. The summed E-state index contributed by atoms with van der Waals surface area (Å²) in [7, 11) is 6.10. The van der Waals surface area contributed by atoms with Crippen LogP contribution in [-0.2, 0) is 13.5 Å². The minimum Gasteiger partial charge on any atom is -0.370 e. The van der Waals surface area contributed by atoms with Crippen molar-refractivity contribution < 1.29 is 0 Å². The van der Waals surface area contributed by atoms with Gasteiger partial charge in [-0.2, -0.15) is 5.10 Å². The Balaban J connectivity index is 2.18. The zero-order chi connectivity index (χ0) is 14.0. The topological polar surface area (TPSA) is 62.7 Å². The Bertz CT molecular complexity index is 462. The van der Waals surface area contributed by atoms with Crippen molar-refractivity contribution in [2.24, 2.45) is 17.8 Å². The van der Waals surface area contributed by atoms with E-state index in [0.717, 1.165) is 31.7 Å². The molecule has 2 N–H and O–H groups in total. The molecule has 6 nitrogen and oxygen atoms in total. The van der Waals surface area contributed by atoms with Crippen molar-refractivity contribution in [2.45, 2.75) is 19.4 Å². The number of guanidine groups is 1. The first-order valence-electron chi connectivity index (χ1n) is 6.76. The molecule has 0 saturated heterocycles. The van der Waals surface area contributed by atoms with Crippen LogP contribution in [0.5, 0.6) is 0 Å². The third kappa shape index (κ3) is 2.89. The highest BCUT2D eigenvalue weighted by Gasteiger charge is 2.30. The summed E-state index contributed by atoms with van der Waals surface area (Å²) in [5, 5.41) is 4.52. The number of hydrogen-bond donors (Lipinski definition) is 1. The Labute approximate surface area is 114 Å². The third-order valence-electron chi connectivity index (χ3n) is 3.52. The first-order chi connectivity index (χ1) is 9.02. The smallest absolute Gasteiger partial charge is 0.191 e. The monoisotopic (exact) mass is 264 g/mol. The standard InChI is InChI=1S/C13H24N6/c1-5-11-10(9-18(4)16-11)12-8-15-13(14)19(12)7-6-17(2)3/h9,12H,5-8H2,1-4H3,(H2,14,15). The van der Waals surface area contributed by atoms with E-state index in [9.17, 15) is 0 Å². The van der Waals surface area contributed by atoms with E-state index >= 15 is 0 Å². The van der Waals surface area contributed by atoms with E-state index in [1.807, 2.05) is 11.7 Å². The number of aliphatic imine (C=N–C) groups is 1. The maximum Gasteiger partial charge on any atom is 0.191 e. The summed E-state index contributed by atoms with van der Waals surface area (Å²) >= 11 is 0. The van der Waals surface area contributed by atoms with Crippen LogP contribution in [0.3, 0.4) is 0 Å². The number of aryl methyl sites for hydroxylation is 2. The van der Waals surface area contributed by atoms with Gasteiger partial charge in [-0.3, -0.25) is 9.67 Å². The number of rotatable bonds is 5. The van der Waals surface area contributed by atoms with Gasteiger partial charge in [-0.1, -0.05) is 6.92 Å². The summed E-state index contributed by atoms with van der Waals surface area (Å²) in [6.45, 7) is 4.73. The molecule has 6 heteroatoms. The molecule has 1 unspecified atom stereocenters. The van der Waals surface area contributed by atoms with E-state index in [-0.39, 0.29) is 6.04 Å². The molecular formula is C13H24N6. The van der Waals surface area contributed by atoms with Crippen molar-refractivity contribution in [2.75, 3.05) is 33.7 Å². The van der Waals surface area contributed by atoms with E-state index in [1.165, 1.54) is 5.56 Å². The zero-order valence-electron chi connectivity index (χ0n) is 12.3.